The zero-order chi connectivity index (χ0) is 15.7. The number of hydrogen-bond donors (Lipinski definition) is 1. The largest absolute Gasteiger partial charge is 0.325 e. The lowest BCUT2D eigenvalue weighted by Crippen LogP contribution is -2.37. The van der Waals surface area contributed by atoms with Gasteiger partial charge >= 0.3 is 0 Å². The molecule has 3 atom stereocenters. The van der Waals surface area contributed by atoms with Gasteiger partial charge in [0.1, 0.15) is 12.0 Å². The fourth-order valence-electron chi connectivity index (χ4n) is 2.42. The van der Waals surface area contributed by atoms with Crippen molar-refractivity contribution in [3.05, 3.63) is 29.1 Å². The average molecular weight is 408 g/mol. The number of fused-ring (bicyclic) bond motifs is 1. The van der Waals surface area contributed by atoms with Gasteiger partial charge in [-0.2, -0.15) is 0 Å². The first-order valence-electron chi connectivity index (χ1n) is 6.84. The topological polar surface area (TPSA) is 32.3 Å². The Balaban J connectivity index is 2.24. The molecule has 1 amide bonds. The molecule has 0 spiro atoms. The van der Waals surface area contributed by atoms with Crippen molar-refractivity contribution in [2.45, 2.75) is 25.6 Å². The molecule has 1 aromatic rings. The monoisotopic (exact) mass is 408 g/mol. The van der Waals surface area contributed by atoms with Gasteiger partial charge in [-0.1, -0.05) is 22.6 Å². The van der Waals surface area contributed by atoms with E-state index >= 15 is 0 Å². The standard InChI is InChI=1S/C15H19F2IN2O/c1-8(20(2)3)15(21)19-10-5-12-11(13(16)6-10)4-9(7-18)14(12)17/h5-6,8-9,14H,4,7H2,1-3H3,(H,19,21). The SMILES string of the molecule is CC(C(=O)Nc1cc(F)c2c(c1)C(F)C(CI)C2)N(C)C. The number of rotatable bonds is 4. The highest BCUT2D eigenvalue weighted by atomic mass is 127. The van der Waals surface area contributed by atoms with Crippen LogP contribution in [0.3, 0.4) is 0 Å². The highest BCUT2D eigenvalue weighted by Gasteiger charge is 2.34. The number of carbonyl (C=O) groups is 1. The van der Waals surface area contributed by atoms with E-state index in [2.05, 4.69) is 27.9 Å². The summed E-state index contributed by atoms with van der Waals surface area (Å²) in [4.78, 5) is 13.8. The number of halogens is 3. The summed E-state index contributed by atoms with van der Waals surface area (Å²) in [7, 11) is 3.58. The van der Waals surface area contributed by atoms with Crippen molar-refractivity contribution >= 4 is 34.2 Å². The first kappa shape index (κ1) is 16.6. The molecule has 3 unspecified atom stereocenters. The lowest BCUT2D eigenvalue weighted by Gasteiger charge is -2.19. The van der Waals surface area contributed by atoms with Crippen LogP contribution >= 0.6 is 22.6 Å². The predicted octanol–water partition coefficient (Wildman–Crippen LogP) is 3.33. The van der Waals surface area contributed by atoms with Crippen LogP contribution < -0.4 is 5.32 Å². The minimum atomic E-state index is -1.16. The minimum Gasteiger partial charge on any atom is -0.325 e. The fourth-order valence-corrected chi connectivity index (χ4v) is 3.18. The second kappa shape index (κ2) is 6.56. The fraction of sp³-hybridized carbons (Fsp3) is 0.533. The first-order valence-corrected chi connectivity index (χ1v) is 8.37. The van der Waals surface area contributed by atoms with Gasteiger partial charge in [0, 0.05) is 16.0 Å². The molecule has 0 radical (unpaired) electrons. The number of benzene rings is 1. The summed E-state index contributed by atoms with van der Waals surface area (Å²) in [5, 5.41) is 2.66. The summed E-state index contributed by atoms with van der Waals surface area (Å²) in [6, 6.07) is 2.50. The van der Waals surface area contributed by atoms with E-state index in [4.69, 9.17) is 0 Å². The zero-order valence-electron chi connectivity index (χ0n) is 12.3. The molecule has 6 heteroatoms. The molecular formula is C15H19F2IN2O. The summed E-state index contributed by atoms with van der Waals surface area (Å²) in [6.07, 6.45) is -0.734. The third kappa shape index (κ3) is 3.36. The Hall–Kier alpha value is -0.760. The van der Waals surface area contributed by atoms with E-state index in [0.717, 1.165) is 0 Å². The highest BCUT2D eigenvalue weighted by molar-refractivity contribution is 14.1. The normalized spacial score (nSPS) is 22.2. The van der Waals surface area contributed by atoms with Gasteiger partial charge in [-0.15, -0.1) is 0 Å². The Morgan fingerprint density at radius 3 is 2.76 bits per heavy atom. The van der Waals surface area contributed by atoms with Crippen molar-refractivity contribution in [2.24, 2.45) is 5.92 Å². The Labute approximate surface area is 137 Å². The molecule has 1 N–H and O–H groups in total. The minimum absolute atomic E-state index is 0.179. The van der Waals surface area contributed by atoms with Gasteiger partial charge in [0.25, 0.3) is 0 Å². The van der Waals surface area contributed by atoms with Gasteiger partial charge in [0.2, 0.25) is 5.91 Å². The van der Waals surface area contributed by atoms with Gasteiger partial charge < -0.3 is 5.32 Å². The highest BCUT2D eigenvalue weighted by Crippen LogP contribution is 2.42. The number of anilines is 1. The molecule has 0 saturated carbocycles. The van der Waals surface area contributed by atoms with Crippen LogP contribution in [0.15, 0.2) is 12.1 Å². The van der Waals surface area contributed by atoms with Crippen LogP contribution in [-0.4, -0.2) is 35.4 Å². The molecule has 1 aliphatic rings. The molecule has 2 rings (SSSR count). The van der Waals surface area contributed by atoms with Crippen LogP contribution in [0.25, 0.3) is 0 Å². The smallest absolute Gasteiger partial charge is 0.241 e. The van der Waals surface area contributed by atoms with E-state index in [1.807, 2.05) is 0 Å². The maximum Gasteiger partial charge on any atom is 0.241 e. The molecule has 0 heterocycles. The third-order valence-corrected chi connectivity index (χ3v) is 5.16. The van der Waals surface area contributed by atoms with Crippen LogP contribution in [0.5, 0.6) is 0 Å². The Bertz CT molecular complexity index is 551. The van der Waals surface area contributed by atoms with Crippen molar-refractivity contribution in [1.82, 2.24) is 4.90 Å². The molecule has 3 nitrogen and oxygen atoms in total. The van der Waals surface area contributed by atoms with Crippen LogP contribution in [0.1, 0.15) is 24.2 Å². The third-order valence-electron chi connectivity index (χ3n) is 4.03. The Morgan fingerprint density at radius 2 is 2.19 bits per heavy atom. The lowest BCUT2D eigenvalue weighted by atomic mass is 10.1. The second-order valence-corrected chi connectivity index (χ2v) is 6.56. The summed E-state index contributed by atoms with van der Waals surface area (Å²) >= 11 is 2.12. The molecule has 0 bridgehead atoms. The van der Waals surface area contributed by atoms with E-state index in [-0.39, 0.29) is 17.9 Å². The molecule has 0 aromatic heterocycles. The van der Waals surface area contributed by atoms with E-state index in [0.29, 0.717) is 27.7 Å². The number of likely N-dealkylation sites (N-methyl/N-ethyl adjacent to an activating group) is 1. The second-order valence-electron chi connectivity index (χ2n) is 5.67. The van der Waals surface area contributed by atoms with E-state index in [1.54, 1.807) is 32.0 Å². The number of amides is 1. The molecule has 0 aliphatic heterocycles. The van der Waals surface area contributed by atoms with E-state index < -0.39 is 12.0 Å². The Morgan fingerprint density at radius 1 is 1.52 bits per heavy atom. The number of alkyl halides is 2. The van der Waals surface area contributed by atoms with Crippen LogP contribution in [0.4, 0.5) is 14.5 Å². The van der Waals surface area contributed by atoms with Crippen molar-refractivity contribution < 1.29 is 13.6 Å². The number of nitrogens with zero attached hydrogens (tertiary/aromatic N) is 1. The summed E-state index contributed by atoms with van der Waals surface area (Å²) in [5.74, 6) is -0.852. The van der Waals surface area contributed by atoms with Crippen LogP contribution in [0, 0.1) is 11.7 Å². The van der Waals surface area contributed by atoms with E-state index in [1.165, 1.54) is 6.07 Å². The lowest BCUT2D eigenvalue weighted by molar-refractivity contribution is -0.119. The van der Waals surface area contributed by atoms with Crippen molar-refractivity contribution in [3.63, 3.8) is 0 Å². The van der Waals surface area contributed by atoms with Crippen LogP contribution in [0.2, 0.25) is 0 Å². The summed E-state index contributed by atoms with van der Waals surface area (Å²) in [6.45, 7) is 1.75. The van der Waals surface area contributed by atoms with Crippen molar-refractivity contribution in [3.8, 4) is 0 Å². The average Bonchev–Trinajstić information content (AvgIpc) is 2.75. The van der Waals surface area contributed by atoms with Gasteiger partial charge in [-0.05, 0) is 50.7 Å². The van der Waals surface area contributed by atoms with Gasteiger partial charge in [-0.25, -0.2) is 8.78 Å². The molecule has 0 fully saturated rings. The predicted molar refractivity (Wildman–Crippen MR) is 88.1 cm³/mol. The Kier molecular flexibility index (Phi) is 5.19. The maximum absolute atomic E-state index is 14.3. The summed E-state index contributed by atoms with van der Waals surface area (Å²) in [5.41, 5.74) is 1.15. The maximum atomic E-state index is 14.3. The molecule has 1 aromatic carbocycles. The molecular weight excluding hydrogens is 389 g/mol. The number of carbonyl (C=O) groups excluding carboxylic acids is 1. The van der Waals surface area contributed by atoms with Gasteiger partial charge in [0.15, 0.2) is 0 Å². The molecule has 1 aliphatic carbocycles. The molecule has 0 saturated heterocycles. The molecule has 21 heavy (non-hydrogen) atoms. The van der Waals surface area contributed by atoms with Gasteiger partial charge in [-0.3, -0.25) is 9.69 Å². The van der Waals surface area contributed by atoms with Crippen molar-refractivity contribution in [2.75, 3.05) is 23.8 Å². The van der Waals surface area contributed by atoms with Crippen molar-refractivity contribution in [1.29, 1.82) is 0 Å². The number of hydrogen-bond acceptors (Lipinski definition) is 2. The van der Waals surface area contributed by atoms with Crippen LogP contribution in [-0.2, 0) is 11.2 Å². The van der Waals surface area contributed by atoms with Gasteiger partial charge in [0.05, 0.1) is 6.04 Å². The zero-order valence-corrected chi connectivity index (χ0v) is 14.4. The number of nitrogens with one attached hydrogen (secondary N) is 1. The molecule has 116 valence electrons. The summed E-state index contributed by atoms with van der Waals surface area (Å²) < 4.78 is 29.0. The first-order chi connectivity index (χ1) is 9.85. The quantitative estimate of drug-likeness (QED) is 0.613. The van der Waals surface area contributed by atoms with E-state index in [9.17, 15) is 13.6 Å².